The van der Waals surface area contributed by atoms with Gasteiger partial charge in [0.25, 0.3) is 0 Å². The van der Waals surface area contributed by atoms with Gasteiger partial charge in [-0.25, -0.2) is 0 Å². The van der Waals surface area contributed by atoms with Crippen molar-refractivity contribution in [3.8, 4) is 6.07 Å². The Balaban J connectivity index is 1.89. The summed E-state index contributed by atoms with van der Waals surface area (Å²) in [6.07, 6.45) is 2.53. The van der Waals surface area contributed by atoms with Gasteiger partial charge in [-0.2, -0.15) is 18.7 Å². The number of nitriles is 1. The summed E-state index contributed by atoms with van der Waals surface area (Å²) in [5.74, 6) is 0. The number of anilines is 2. The molecule has 0 spiro atoms. The summed E-state index contributed by atoms with van der Waals surface area (Å²) in [7, 11) is 1.72. The number of aliphatic hydroxyl groups excluding tert-OH is 1. The first-order valence-electron chi connectivity index (χ1n) is 12.0. The normalized spacial score (nSPS) is 13.6. The Kier molecular flexibility index (Phi) is 7.76. The molecule has 4 aromatic rings. The predicted octanol–water partition coefficient (Wildman–Crippen LogP) is 4.95. The van der Waals surface area contributed by atoms with Crippen LogP contribution in [0.5, 0.6) is 0 Å². The third kappa shape index (κ3) is 5.78. The fourth-order valence-corrected chi connectivity index (χ4v) is 4.70. The van der Waals surface area contributed by atoms with Crippen LogP contribution in [-0.4, -0.2) is 46.1 Å². The van der Waals surface area contributed by atoms with Gasteiger partial charge in [-0.05, 0) is 29.2 Å². The van der Waals surface area contributed by atoms with Crippen LogP contribution in [0.25, 0.3) is 10.9 Å². The monoisotopic (exact) mass is 571 g/mol. The van der Waals surface area contributed by atoms with Crippen LogP contribution in [0.15, 0.2) is 48.8 Å². The number of hydrogen-bond donors (Lipinski definition) is 3. The molecular formula is C26H26BCl2F2N7O. The zero-order valence-electron chi connectivity index (χ0n) is 21.7. The second kappa shape index (κ2) is 10.6. The van der Waals surface area contributed by atoms with Gasteiger partial charge in [-0.3, -0.25) is 4.98 Å². The third-order valence-electron chi connectivity index (χ3n) is 6.18. The Bertz CT molecular complexity index is 1570. The number of alkyl halides is 2. The van der Waals surface area contributed by atoms with Crippen molar-refractivity contribution in [2.75, 3.05) is 23.8 Å². The summed E-state index contributed by atoms with van der Waals surface area (Å²) < 4.78 is 28.7. The molecule has 2 aromatic heterocycles. The maximum atomic E-state index is 14.2. The standard InChI is InChI=1S/C26H26BCl2F2N7O/c1-24(2,3)13-34-22-15(10-32)11-33-23-17(22)8-16(9-20(23)29)35-26(27,18-6-4-5-7-19(18)28)21-12-38(37-36-21)25(30,31)14-39/h4-9,11-12,35,39H,13-14,27H2,1-3H3,(H,33,34). The molecule has 0 bridgehead atoms. The third-order valence-corrected chi connectivity index (χ3v) is 6.80. The van der Waals surface area contributed by atoms with Gasteiger partial charge < -0.3 is 15.7 Å². The molecule has 3 N–H and O–H groups in total. The molecule has 1 unspecified atom stereocenters. The molecule has 0 aliphatic heterocycles. The lowest BCUT2D eigenvalue weighted by Crippen LogP contribution is -2.38. The van der Waals surface area contributed by atoms with Gasteiger partial charge in [0, 0.05) is 28.8 Å². The summed E-state index contributed by atoms with van der Waals surface area (Å²) in [5, 5.41) is 34.4. The van der Waals surface area contributed by atoms with Gasteiger partial charge in [0.2, 0.25) is 0 Å². The average Bonchev–Trinajstić information content (AvgIpc) is 3.39. The van der Waals surface area contributed by atoms with Gasteiger partial charge in [0.1, 0.15) is 26.2 Å². The summed E-state index contributed by atoms with van der Waals surface area (Å²) in [6.45, 7) is 5.34. The number of pyridine rings is 1. The van der Waals surface area contributed by atoms with E-state index in [4.69, 9.17) is 28.3 Å². The van der Waals surface area contributed by atoms with Crippen LogP contribution >= 0.6 is 23.2 Å². The van der Waals surface area contributed by atoms with E-state index in [1.807, 2.05) is 0 Å². The van der Waals surface area contributed by atoms with Gasteiger partial charge in [0.15, 0.2) is 0 Å². The van der Waals surface area contributed by atoms with E-state index in [0.717, 1.165) is 6.20 Å². The number of nitrogens with one attached hydrogen (secondary N) is 2. The second-order valence-corrected chi connectivity index (χ2v) is 11.3. The fourth-order valence-electron chi connectivity index (χ4n) is 4.11. The van der Waals surface area contributed by atoms with Crippen molar-refractivity contribution in [1.82, 2.24) is 20.0 Å². The molecule has 2 heterocycles. The van der Waals surface area contributed by atoms with Crippen molar-refractivity contribution in [3.05, 3.63) is 75.7 Å². The minimum Gasteiger partial charge on any atom is -0.388 e. The maximum absolute atomic E-state index is 14.2. The lowest BCUT2D eigenvalue weighted by molar-refractivity contribution is -0.131. The van der Waals surface area contributed by atoms with Crippen molar-refractivity contribution in [3.63, 3.8) is 0 Å². The van der Waals surface area contributed by atoms with Crippen molar-refractivity contribution >= 4 is 53.3 Å². The first-order chi connectivity index (χ1) is 18.3. The molecule has 2 aromatic carbocycles. The molecule has 0 fully saturated rings. The van der Waals surface area contributed by atoms with Crippen molar-refractivity contribution in [2.45, 2.75) is 32.3 Å². The van der Waals surface area contributed by atoms with Crippen molar-refractivity contribution < 1.29 is 13.9 Å². The summed E-state index contributed by atoms with van der Waals surface area (Å²) >= 11 is 13.2. The largest absolute Gasteiger partial charge is 0.388 e. The highest BCUT2D eigenvalue weighted by atomic mass is 35.5. The molecule has 0 saturated heterocycles. The SMILES string of the molecule is BC(Nc1cc(Cl)c2ncc(C#N)c(NCC(C)(C)C)c2c1)(c1cn(C(F)(F)CO)nn1)c1ccccc1Cl. The lowest BCUT2D eigenvalue weighted by atomic mass is 9.69. The van der Waals surface area contributed by atoms with Gasteiger partial charge in [-0.15, -0.1) is 5.10 Å². The molecule has 0 amide bonds. The van der Waals surface area contributed by atoms with E-state index in [2.05, 4.69) is 52.8 Å². The minimum absolute atomic E-state index is 0.0763. The number of nitrogens with zero attached hydrogens (tertiary/aromatic N) is 5. The number of rotatable bonds is 8. The zero-order valence-corrected chi connectivity index (χ0v) is 23.2. The number of aliphatic hydroxyl groups is 1. The zero-order chi connectivity index (χ0) is 28.6. The molecule has 4 rings (SSSR count). The van der Waals surface area contributed by atoms with Crippen LogP contribution in [0, 0.1) is 16.7 Å². The summed E-state index contributed by atoms with van der Waals surface area (Å²) in [5.41, 5.74) is 1.23. The van der Waals surface area contributed by atoms with Crippen LogP contribution < -0.4 is 10.6 Å². The first-order valence-corrected chi connectivity index (χ1v) is 12.8. The second-order valence-electron chi connectivity index (χ2n) is 10.5. The molecule has 1 atom stereocenters. The number of aromatic nitrogens is 4. The quantitative estimate of drug-likeness (QED) is 0.256. The minimum atomic E-state index is -3.65. The molecular weight excluding hydrogens is 546 g/mol. The molecule has 202 valence electrons. The Morgan fingerprint density at radius 2 is 1.87 bits per heavy atom. The fraction of sp³-hybridized carbons (Fsp3) is 0.308. The number of halogens is 4. The van der Waals surface area contributed by atoms with Gasteiger partial charge in [-0.1, -0.05) is 67.4 Å². The van der Waals surface area contributed by atoms with Crippen LogP contribution in [-0.2, 0) is 11.5 Å². The molecule has 13 heteroatoms. The van der Waals surface area contributed by atoms with E-state index in [1.54, 1.807) is 44.2 Å². The molecule has 0 saturated carbocycles. The van der Waals surface area contributed by atoms with E-state index < -0.39 is 18.1 Å². The summed E-state index contributed by atoms with van der Waals surface area (Å²) in [4.78, 5) is 4.39. The maximum Gasteiger partial charge on any atom is 0.367 e. The topological polar surface area (TPSA) is 112 Å². The Labute approximate surface area is 235 Å². The van der Waals surface area contributed by atoms with Gasteiger partial charge >= 0.3 is 6.05 Å². The van der Waals surface area contributed by atoms with Crippen LogP contribution in [0.1, 0.15) is 37.6 Å². The highest BCUT2D eigenvalue weighted by Crippen LogP contribution is 2.39. The number of fused-ring (bicyclic) bond motifs is 1. The first kappa shape index (κ1) is 28.6. The smallest absolute Gasteiger partial charge is 0.367 e. The van der Waals surface area contributed by atoms with E-state index in [1.165, 1.54) is 6.20 Å². The Morgan fingerprint density at radius 1 is 1.15 bits per heavy atom. The molecule has 0 radical (unpaired) electrons. The van der Waals surface area contributed by atoms with E-state index >= 15 is 0 Å². The predicted molar refractivity (Wildman–Crippen MR) is 151 cm³/mol. The highest BCUT2D eigenvalue weighted by Gasteiger charge is 2.38. The average molecular weight is 572 g/mol. The molecule has 0 aliphatic rings. The van der Waals surface area contributed by atoms with Gasteiger partial charge in [0.05, 0.1) is 33.4 Å². The molecule has 8 nitrogen and oxygen atoms in total. The van der Waals surface area contributed by atoms with Crippen LogP contribution in [0.3, 0.4) is 0 Å². The number of hydrogen-bond acceptors (Lipinski definition) is 7. The molecule has 0 aliphatic carbocycles. The molecule has 39 heavy (non-hydrogen) atoms. The van der Waals surface area contributed by atoms with Crippen LogP contribution in [0.4, 0.5) is 20.2 Å². The van der Waals surface area contributed by atoms with Crippen molar-refractivity contribution in [1.29, 1.82) is 5.26 Å². The van der Waals surface area contributed by atoms with Crippen LogP contribution in [0.2, 0.25) is 10.0 Å². The van der Waals surface area contributed by atoms with Crippen molar-refractivity contribution in [2.24, 2.45) is 5.41 Å². The van der Waals surface area contributed by atoms with E-state index in [0.29, 0.717) is 54.7 Å². The Morgan fingerprint density at radius 3 is 2.51 bits per heavy atom. The van der Waals surface area contributed by atoms with E-state index in [9.17, 15) is 14.0 Å². The summed E-state index contributed by atoms with van der Waals surface area (Å²) in [6, 6.07) is 8.89. The lowest BCUT2D eigenvalue weighted by Gasteiger charge is -2.32. The highest BCUT2D eigenvalue weighted by molar-refractivity contribution is 6.36. The number of benzene rings is 2. The van der Waals surface area contributed by atoms with E-state index in [-0.39, 0.29) is 11.1 Å². The Hall–Kier alpha value is -3.46.